The monoisotopic (exact) mass is 352 g/mol. The van der Waals surface area contributed by atoms with Gasteiger partial charge in [0.15, 0.2) is 0 Å². The molecule has 0 bridgehead atoms. The fraction of sp³-hybridized carbons (Fsp3) is 0.100. The van der Waals surface area contributed by atoms with E-state index >= 15 is 0 Å². The summed E-state index contributed by atoms with van der Waals surface area (Å²) in [6.07, 6.45) is 0. The lowest BCUT2D eigenvalue weighted by Crippen LogP contribution is -1.97. The molecule has 0 heterocycles. The molecule has 110 valence electrons. The standard InChI is InChI=1S/C20H17BrO/c1-15-13-17(21)11-12-18(15)19-9-5-6-10-20(19)22-14-16-7-3-2-4-8-16/h2-13H,14H2,1H3. The second kappa shape index (κ2) is 6.80. The first kappa shape index (κ1) is 14.9. The number of rotatable bonds is 4. The van der Waals surface area contributed by atoms with E-state index in [0.29, 0.717) is 6.61 Å². The van der Waals surface area contributed by atoms with E-state index in [1.54, 1.807) is 0 Å². The summed E-state index contributed by atoms with van der Waals surface area (Å²) in [4.78, 5) is 0. The summed E-state index contributed by atoms with van der Waals surface area (Å²) in [7, 11) is 0. The van der Waals surface area contributed by atoms with Gasteiger partial charge in [0.1, 0.15) is 12.4 Å². The van der Waals surface area contributed by atoms with E-state index in [4.69, 9.17) is 4.74 Å². The number of benzene rings is 3. The van der Waals surface area contributed by atoms with Crippen LogP contribution in [0.15, 0.2) is 77.3 Å². The van der Waals surface area contributed by atoms with E-state index in [9.17, 15) is 0 Å². The summed E-state index contributed by atoms with van der Waals surface area (Å²) in [5.74, 6) is 0.914. The third-order valence-electron chi connectivity index (χ3n) is 3.60. The SMILES string of the molecule is Cc1cc(Br)ccc1-c1ccccc1OCc1ccccc1. The van der Waals surface area contributed by atoms with Crippen LogP contribution in [0, 0.1) is 6.92 Å². The van der Waals surface area contributed by atoms with Gasteiger partial charge >= 0.3 is 0 Å². The summed E-state index contributed by atoms with van der Waals surface area (Å²) < 4.78 is 7.15. The molecular formula is C20H17BrO. The Kier molecular flexibility index (Phi) is 4.59. The molecule has 0 aliphatic carbocycles. The minimum absolute atomic E-state index is 0.577. The Morgan fingerprint density at radius 2 is 1.55 bits per heavy atom. The van der Waals surface area contributed by atoms with Gasteiger partial charge in [0, 0.05) is 10.0 Å². The van der Waals surface area contributed by atoms with Crippen molar-refractivity contribution in [3.8, 4) is 16.9 Å². The van der Waals surface area contributed by atoms with Gasteiger partial charge in [0.2, 0.25) is 0 Å². The van der Waals surface area contributed by atoms with E-state index < -0.39 is 0 Å². The van der Waals surface area contributed by atoms with E-state index in [1.807, 2.05) is 36.4 Å². The smallest absolute Gasteiger partial charge is 0.127 e. The van der Waals surface area contributed by atoms with Crippen LogP contribution >= 0.6 is 15.9 Å². The summed E-state index contributed by atoms with van der Waals surface area (Å²) in [6.45, 7) is 2.70. The first-order valence-corrected chi connectivity index (χ1v) is 8.05. The molecule has 0 spiro atoms. The van der Waals surface area contributed by atoms with Crippen molar-refractivity contribution in [2.75, 3.05) is 0 Å². The van der Waals surface area contributed by atoms with E-state index in [1.165, 1.54) is 16.7 Å². The fourth-order valence-corrected chi connectivity index (χ4v) is 2.96. The van der Waals surface area contributed by atoms with Crippen LogP contribution in [0.3, 0.4) is 0 Å². The molecule has 0 N–H and O–H groups in total. The number of ether oxygens (including phenoxy) is 1. The maximum Gasteiger partial charge on any atom is 0.127 e. The molecule has 0 aliphatic rings. The van der Waals surface area contributed by atoms with Gasteiger partial charge in [-0.3, -0.25) is 0 Å². The highest BCUT2D eigenvalue weighted by molar-refractivity contribution is 9.10. The molecule has 0 saturated carbocycles. The summed E-state index contributed by atoms with van der Waals surface area (Å²) in [6, 6.07) is 24.8. The molecule has 0 aromatic heterocycles. The van der Waals surface area contributed by atoms with Crippen LogP contribution < -0.4 is 4.74 Å². The molecule has 0 atom stereocenters. The van der Waals surface area contributed by atoms with Gasteiger partial charge in [-0.2, -0.15) is 0 Å². The van der Waals surface area contributed by atoms with Crippen molar-refractivity contribution < 1.29 is 4.74 Å². The van der Waals surface area contributed by atoms with Gasteiger partial charge in [-0.1, -0.05) is 70.5 Å². The zero-order valence-electron chi connectivity index (χ0n) is 12.4. The van der Waals surface area contributed by atoms with E-state index in [-0.39, 0.29) is 0 Å². The molecule has 2 heteroatoms. The van der Waals surface area contributed by atoms with Crippen LogP contribution in [0.5, 0.6) is 5.75 Å². The molecule has 3 rings (SSSR count). The van der Waals surface area contributed by atoms with Crippen LogP contribution in [0.1, 0.15) is 11.1 Å². The number of halogens is 1. The van der Waals surface area contributed by atoms with Crippen LogP contribution in [0.25, 0.3) is 11.1 Å². The van der Waals surface area contributed by atoms with Crippen molar-refractivity contribution in [2.24, 2.45) is 0 Å². The van der Waals surface area contributed by atoms with Crippen molar-refractivity contribution in [2.45, 2.75) is 13.5 Å². The lowest BCUT2D eigenvalue weighted by Gasteiger charge is -2.13. The Labute approximate surface area is 139 Å². The minimum Gasteiger partial charge on any atom is -0.488 e. The molecule has 0 saturated heterocycles. The molecule has 0 unspecified atom stereocenters. The van der Waals surface area contributed by atoms with Crippen molar-refractivity contribution in [1.29, 1.82) is 0 Å². The molecule has 0 amide bonds. The quantitative estimate of drug-likeness (QED) is 0.559. The predicted octanol–water partition coefficient (Wildman–Crippen LogP) is 6.00. The predicted molar refractivity (Wildman–Crippen MR) is 95.1 cm³/mol. The molecule has 0 aliphatic heterocycles. The Bertz CT molecular complexity index is 766. The van der Waals surface area contributed by atoms with Crippen LogP contribution in [-0.4, -0.2) is 0 Å². The first-order chi connectivity index (χ1) is 10.7. The third kappa shape index (κ3) is 3.40. The number of para-hydroxylation sites is 1. The zero-order chi connectivity index (χ0) is 15.4. The average molecular weight is 353 g/mol. The Morgan fingerprint density at radius 3 is 2.32 bits per heavy atom. The van der Waals surface area contributed by atoms with Gasteiger partial charge in [-0.05, 0) is 41.8 Å². The normalized spacial score (nSPS) is 10.5. The summed E-state index contributed by atoms with van der Waals surface area (Å²) in [5.41, 5.74) is 4.73. The molecule has 3 aromatic carbocycles. The summed E-state index contributed by atoms with van der Waals surface area (Å²) in [5, 5.41) is 0. The summed E-state index contributed by atoms with van der Waals surface area (Å²) >= 11 is 3.52. The second-order valence-corrected chi connectivity index (χ2v) is 6.15. The fourth-order valence-electron chi connectivity index (χ4n) is 2.48. The van der Waals surface area contributed by atoms with Crippen molar-refractivity contribution in [1.82, 2.24) is 0 Å². The van der Waals surface area contributed by atoms with Gasteiger partial charge in [-0.25, -0.2) is 0 Å². The van der Waals surface area contributed by atoms with Gasteiger partial charge in [0.25, 0.3) is 0 Å². The maximum absolute atomic E-state index is 6.05. The topological polar surface area (TPSA) is 9.23 Å². The minimum atomic E-state index is 0.577. The van der Waals surface area contributed by atoms with Crippen molar-refractivity contribution in [3.63, 3.8) is 0 Å². The van der Waals surface area contributed by atoms with Crippen molar-refractivity contribution in [3.05, 3.63) is 88.4 Å². The lowest BCUT2D eigenvalue weighted by atomic mass is 10.00. The number of hydrogen-bond acceptors (Lipinski definition) is 1. The van der Waals surface area contributed by atoms with Crippen LogP contribution in [0.4, 0.5) is 0 Å². The Balaban J connectivity index is 1.90. The van der Waals surface area contributed by atoms with Gasteiger partial charge < -0.3 is 4.74 Å². The maximum atomic E-state index is 6.05. The van der Waals surface area contributed by atoms with Crippen LogP contribution in [0.2, 0.25) is 0 Å². The lowest BCUT2D eigenvalue weighted by molar-refractivity contribution is 0.307. The highest BCUT2D eigenvalue weighted by atomic mass is 79.9. The Morgan fingerprint density at radius 1 is 0.818 bits per heavy atom. The van der Waals surface area contributed by atoms with E-state index in [2.05, 4.69) is 59.3 Å². The number of hydrogen-bond donors (Lipinski definition) is 0. The molecule has 22 heavy (non-hydrogen) atoms. The van der Waals surface area contributed by atoms with Gasteiger partial charge in [0.05, 0.1) is 0 Å². The van der Waals surface area contributed by atoms with Crippen LogP contribution in [-0.2, 0) is 6.61 Å². The molecular weight excluding hydrogens is 336 g/mol. The number of aryl methyl sites for hydroxylation is 1. The molecule has 0 radical (unpaired) electrons. The highest BCUT2D eigenvalue weighted by Crippen LogP contribution is 2.33. The first-order valence-electron chi connectivity index (χ1n) is 7.26. The van der Waals surface area contributed by atoms with Gasteiger partial charge in [-0.15, -0.1) is 0 Å². The largest absolute Gasteiger partial charge is 0.488 e. The molecule has 0 fully saturated rings. The molecule has 3 aromatic rings. The zero-order valence-corrected chi connectivity index (χ0v) is 14.0. The second-order valence-electron chi connectivity index (χ2n) is 5.23. The Hall–Kier alpha value is -2.06. The molecule has 1 nitrogen and oxygen atoms in total. The average Bonchev–Trinajstić information content (AvgIpc) is 2.54. The van der Waals surface area contributed by atoms with E-state index in [0.717, 1.165) is 15.8 Å². The third-order valence-corrected chi connectivity index (χ3v) is 4.10. The highest BCUT2D eigenvalue weighted by Gasteiger charge is 2.08. The van der Waals surface area contributed by atoms with Crippen molar-refractivity contribution >= 4 is 15.9 Å².